The Morgan fingerprint density at radius 1 is 1.25 bits per heavy atom. The van der Waals surface area contributed by atoms with Crippen molar-refractivity contribution in [2.24, 2.45) is 5.92 Å². The molecule has 0 unspecified atom stereocenters. The maximum Gasteiger partial charge on any atom is 0.337 e. The monoisotopic (exact) mass is 328 g/mol. The molecule has 0 bridgehead atoms. The van der Waals surface area contributed by atoms with Gasteiger partial charge in [-0.05, 0) is 49.4 Å². The van der Waals surface area contributed by atoms with Crippen molar-refractivity contribution < 1.29 is 19.1 Å². The molecule has 2 aliphatic heterocycles. The van der Waals surface area contributed by atoms with E-state index in [1.165, 1.54) is 7.11 Å². The Hall–Kier alpha value is -2.37. The van der Waals surface area contributed by atoms with Gasteiger partial charge in [0.05, 0.1) is 18.1 Å². The van der Waals surface area contributed by atoms with E-state index in [4.69, 9.17) is 4.74 Å². The second-order valence-corrected chi connectivity index (χ2v) is 6.89. The summed E-state index contributed by atoms with van der Waals surface area (Å²) in [6.07, 6.45) is 3.17. The smallest absolute Gasteiger partial charge is 0.337 e. The van der Waals surface area contributed by atoms with Crippen LogP contribution in [-0.4, -0.2) is 42.9 Å². The molecule has 1 aromatic rings. The number of hydrogen-bond acceptors (Lipinski definition) is 4. The number of esters is 1. The zero-order valence-corrected chi connectivity index (χ0v) is 13.6. The van der Waals surface area contributed by atoms with Crippen molar-refractivity contribution in [2.45, 2.75) is 31.1 Å². The lowest BCUT2D eigenvalue weighted by Gasteiger charge is -2.38. The van der Waals surface area contributed by atoms with Crippen molar-refractivity contribution in [1.29, 1.82) is 0 Å². The first-order chi connectivity index (χ1) is 11.5. The molecule has 2 heterocycles. The molecule has 0 radical (unpaired) electrons. The highest BCUT2D eigenvalue weighted by molar-refractivity contribution is 6.07. The third kappa shape index (κ3) is 2.20. The number of rotatable bonds is 2. The zero-order valence-electron chi connectivity index (χ0n) is 13.6. The van der Waals surface area contributed by atoms with Gasteiger partial charge in [0.2, 0.25) is 11.8 Å². The molecular weight excluding hydrogens is 308 g/mol. The van der Waals surface area contributed by atoms with E-state index >= 15 is 0 Å². The number of fused-ring (bicyclic) bond motifs is 2. The van der Waals surface area contributed by atoms with Gasteiger partial charge in [-0.15, -0.1) is 0 Å². The molecular formula is C18H20N2O4. The van der Waals surface area contributed by atoms with Crippen molar-refractivity contribution in [1.82, 2.24) is 4.90 Å². The van der Waals surface area contributed by atoms with Crippen LogP contribution in [0.1, 0.15) is 41.6 Å². The average Bonchev–Trinajstić information content (AvgIpc) is 3.42. The van der Waals surface area contributed by atoms with Crippen molar-refractivity contribution >= 4 is 23.5 Å². The highest BCUT2D eigenvalue weighted by atomic mass is 16.5. The average molecular weight is 328 g/mol. The van der Waals surface area contributed by atoms with Gasteiger partial charge in [-0.1, -0.05) is 0 Å². The number of benzene rings is 1. The predicted octanol–water partition coefficient (Wildman–Crippen LogP) is 1.70. The minimum atomic E-state index is -0.639. The van der Waals surface area contributed by atoms with Crippen molar-refractivity contribution in [2.75, 3.05) is 25.5 Å². The second kappa shape index (κ2) is 5.33. The summed E-state index contributed by atoms with van der Waals surface area (Å²) >= 11 is 0. The Morgan fingerprint density at radius 3 is 2.58 bits per heavy atom. The molecule has 0 atom stereocenters. The first kappa shape index (κ1) is 15.2. The number of hydrogen-bond donors (Lipinski definition) is 1. The number of piperidine rings is 1. The highest BCUT2D eigenvalue weighted by Crippen LogP contribution is 2.46. The van der Waals surface area contributed by atoms with E-state index in [-0.39, 0.29) is 17.7 Å². The predicted molar refractivity (Wildman–Crippen MR) is 86.6 cm³/mol. The maximum absolute atomic E-state index is 12.7. The molecule has 1 spiro atoms. The van der Waals surface area contributed by atoms with Crippen LogP contribution >= 0.6 is 0 Å². The molecule has 6 heteroatoms. The Labute approximate surface area is 140 Å². The molecule has 6 nitrogen and oxygen atoms in total. The maximum atomic E-state index is 12.7. The van der Waals surface area contributed by atoms with E-state index in [1.54, 1.807) is 18.2 Å². The summed E-state index contributed by atoms with van der Waals surface area (Å²) in [5.74, 6) is -0.00635. The Bertz CT molecular complexity index is 731. The fourth-order valence-corrected chi connectivity index (χ4v) is 3.85. The summed E-state index contributed by atoms with van der Waals surface area (Å²) in [5, 5.41) is 2.93. The van der Waals surface area contributed by atoms with E-state index in [2.05, 4.69) is 5.32 Å². The molecule has 1 N–H and O–H groups in total. The summed E-state index contributed by atoms with van der Waals surface area (Å²) in [6, 6.07) is 5.18. The molecule has 24 heavy (non-hydrogen) atoms. The van der Waals surface area contributed by atoms with E-state index in [0.717, 1.165) is 24.1 Å². The molecule has 3 aliphatic rings. The number of amides is 2. The van der Waals surface area contributed by atoms with E-state index < -0.39 is 11.4 Å². The van der Waals surface area contributed by atoms with Crippen LogP contribution in [0.2, 0.25) is 0 Å². The van der Waals surface area contributed by atoms with Gasteiger partial charge in [-0.2, -0.15) is 0 Å². The number of carbonyl (C=O) groups is 3. The molecule has 1 saturated carbocycles. The molecule has 1 aromatic carbocycles. The first-order valence-electron chi connectivity index (χ1n) is 8.38. The number of anilines is 1. The molecule has 4 rings (SSSR count). The fourth-order valence-electron chi connectivity index (χ4n) is 3.85. The third-order valence-corrected chi connectivity index (χ3v) is 5.49. The molecule has 0 aromatic heterocycles. The summed E-state index contributed by atoms with van der Waals surface area (Å²) < 4.78 is 4.78. The van der Waals surface area contributed by atoms with Crippen LogP contribution in [0, 0.1) is 5.92 Å². The lowest BCUT2D eigenvalue weighted by atomic mass is 9.73. The van der Waals surface area contributed by atoms with Gasteiger partial charge < -0.3 is 15.0 Å². The van der Waals surface area contributed by atoms with Crippen LogP contribution < -0.4 is 5.32 Å². The number of methoxy groups -OCH3 is 1. The van der Waals surface area contributed by atoms with Crippen molar-refractivity contribution in [3.8, 4) is 0 Å². The zero-order chi connectivity index (χ0) is 16.9. The molecule has 126 valence electrons. The van der Waals surface area contributed by atoms with Gasteiger partial charge in [0, 0.05) is 24.7 Å². The third-order valence-electron chi connectivity index (χ3n) is 5.49. The van der Waals surface area contributed by atoms with Gasteiger partial charge in [-0.25, -0.2) is 4.79 Å². The SMILES string of the molecule is COC(=O)c1ccc2c(c1)C1(CCN(C(=O)C3CC3)CC1)C(=O)N2. The van der Waals surface area contributed by atoms with Crippen LogP contribution in [0.15, 0.2) is 18.2 Å². The topological polar surface area (TPSA) is 75.7 Å². The highest BCUT2D eigenvalue weighted by Gasteiger charge is 2.50. The summed E-state index contributed by atoms with van der Waals surface area (Å²) in [6.45, 7) is 1.18. The van der Waals surface area contributed by atoms with Crippen molar-refractivity contribution in [3.63, 3.8) is 0 Å². The van der Waals surface area contributed by atoms with Crippen LogP contribution in [0.4, 0.5) is 5.69 Å². The minimum Gasteiger partial charge on any atom is -0.465 e. The number of ether oxygens (including phenoxy) is 1. The lowest BCUT2D eigenvalue weighted by Crippen LogP contribution is -2.48. The van der Waals surface area contributed by atoms with Gasteiger partial charge in [0.15, 0.2) is 0 Å². The van der Waals surface area contributed by atoms with Gasteiger partial charge in [0.25, 0.3) is 0 Å². The number of carbonyl (C=O) groups excluding carboxylic acids is 3. The lowest BCUT2D eigenvalue weighted by molar-refractivity contribution is -0.136. The van der Waals surface area contributed by atoms with E-state index in [9.17, 15) is 14.4 Å². The summed E-state index contributed by atoms with van der Waals surface area (Å²) in [5.41, 5.74) is 1.42. The van der Waals surface area contributed by atoms with Gasteiger partial charge in [0.1, 0.15) is 0 Å². The summed E-state index contributed by atoms with van der Waals surface area (Å²) in [4.78, 5) is 38.6. The van der Waals surface area contributed by atoms with E-state index in [0.29, 0.717) is 31.5 Å². The largest absolute Gasteiger partial charge is 0.465 e. The number of nitrogens with one attached hydrogen (secondary N) is 1. The van der Waals surface area contributed by atoms with Crippen molar-refractivity contribution in [3.05, 3.63) is 29.3 Å². The summed E-state index contributed by atoms with van der Waals surface area (Å²) in [7, 11) is 1.34. The first-order valence-corrected chi connectivity index (χ1v) is 8.38. The van der Waals surface area contributed by atoms with Gasteiger partial charge >= 0.3 is 5.97 Å². The number of nitrogens with zero attached hydrogens (tertiary/aromatic N) is 1. The van der Waals surface area contributed by atoms with Crippen LogP contribution in [-0.2, 0) is 19.7 Å². The normalized spacial score (nSPS) is 21.4. The second-order valence-electron chi connectivity index (χ2n) is 6.89. The van der Waals surface area contributed by atoms with E-state index in [1.807, 2.05) is 4.90 Å². The standard InChI is InChI=1S/C18H20N2O4/c1-24-16(22)12-4-5-14-13(10-12)18(17(23)19-14)6-8-20(9-7-18)15(21)11-2-3-11/h4-5,10-11H,2-3,6-9H2,1H3,(H,19,23). The quantitative estimate of drug-likeness (QED) is 0.839. The Morgan fingerprint density at radius 2 is 1.96 bits per heavy atom. The van der Waals surface area contributed by atoms with Crippen LogP contribution in [0.5, 0.6) is 0 Å². The minimum absolute atomic E-state index is 0.0296. The molecule has 1 saturated heterocycles. The number of likely N-dealkylation sites (tertiary alicyclic amines) is 1. The molecule has 1 aliphatic carbocycles. The van der Waals surface area contributed by atoms with Crippen LogP contribution in [0.25, 0.3) is 0 Å². The van der Waals surface area contributed by atoms with Gasteiger partial charge in [-0.3, -0.25) is 9.59 Å². The Kier molecular flexibility index (Phi) is 3.37. The van der Waals surface area contributed by atoms with Crippen LogP contribution in [0.3, 0.4) is 0 Å². The molecule has 2 amide bonds. The molecule has 2 fully saturated rings. The Balaban J connectivity index is 1.61. The fraction of sp³-hybridized carbons (Fsp3) is 0.500.